The van der Waals surface area contributed by atoms with Gasteiger partial charge >= 0.3 is 0 Å². The maximum atomic E-state index is 6.67. The van der Waals surface area contributed by atoms with E-state index in [1.54, 1.807) is 6.08 Å². The molecule has 40 heavy (non-hydrogen) atoms. The quantitative estimate of drug-likeness (QED) is 0.127. The lowest BCUT2D eigenvalue weighted by Crippen LogP contribution is -2.31. The van der Waals surface area contributed by atoms with Crippen molar-refractivity contribution in [2.75, 3.05) is 6.54 Å². The number of nitrogens with one attached hydrogen (secondary N) is 1. The largest absolute Gasteiger partial charge is 0.401 e. The smallest absolute Gasteiger partial charge is 0.0274 e. The van der Waals surface area contributed by atoms with Gasteiger partial charge in [0.15, 0.2) is 0 Å². The van der Waals surface area contributed by atoms with E-state index in [0.717, 1.165) is 47.7 Å². The molecule has 2 aromatic carbocycles. The molecule has 1 atom stereocenters. The van der Waals surface area contributed by atoms with Crippen molar-refractivity contribution in [3.63, 3.8) is 0 Å². The summed E-state index contributed by atoms with van der Waals surface area (Å²) >= 11 is 0. The zero-order valence-corrected chi connectivity index (χ0v) is 25.4. The molecular formula is C38H52N2. The van der Waals surface area contributed by atoms with Crippen LogP contribution in [-0.2, 0) is 12.8 Å². The van der Waals surface area contributed by atoms with E-state index in [2.05, 4.69) is 88.3 Å². The topological polar surface area (TPSA) is 38.0 Å². The molecule has 0 spiro atoms. The maximum absolute atomic E-state index is 6.67. The highest BCUT2D eigenvalue weighted by Gasteiger charge is 2.19. The van der Waals surface area contributed by atoms with Gasteiger partial charge in [0, 0.05) is 23.7 Å². The first-order valence-corrected chi connectivity index (χ1v) is 15.4. The molecule has 2 nitrogen and oxygen atoms in total. The van der Waals surface area contributed by atoms with Crippen molar-refractivity contribution in [3.8, 4) is 0 Å². The van der Waals surface area contributed by atoms with Gasteiger partial charge in [0.25, 0.3) is 0 Å². The maximum Gasteiger partial charge on any atom is 0.0274 e. The Bertz CT molecular complexity index is 1190. The molecule has 2 aromatic rings. The average Bonchev–Trinajstić information content (AvgIpc) is 3.46. The molecule has 0 radical (unpaired) electrons. The average molecular weight is 537 g/mol. The van der Waals surface area contributed by atoms with Crippen LogP contribution in [0.1, 0.15) is 86.1 Å². The third-order valence-corrected chi connectivity index (χ3v) is 8.55. The van der Waals surface area contributed by atoms with Gasteiger partial charge in [-0.3, -0.25) is 0 Å². The summed E-state index contributed by atoms with van der Waals surface area (Å²) in [7, 11) is 0. The van der Waals surface area contributed by atoms with Crippen LogP contribution in [0.4, 0.5) is 0 Å². The van der Waals surface area contributed by atoms with E-state index in [1.165, 1.54) is 72.8 Å². The van der Waals surface area contributed by atoms with Gasteiger partial charge in [0.2, 0.25) is 0 Å². The Morgan fingerprint density at radius 3 is 2.35 bits per heavy atom. The second-order valence-corrected chi connectivity index (χ2v) is 11.7. The summed E-state index contributed by atoms with van der Waals surface area (Å²) in [5.74, 6) is 0.878. The van der Waals surface area contributed by atoms with Crippen LogP contribution in [0.3, 0.4) is 0 Å². The fourth-order valence-electron chi connectivity index (χ4n) is 5.82. The van der Waals surface area contributed by atoms with E-state index in [1.807, 2.05) is 12.2 Å². The predicted molar refractivity (Wildman–Crippen MR) is 176 cm³/mol. The molecule has 0 saturated heterocycles. The van der Waals surface area contributed by atoms with Crippen molar-refractivity contribution in [1.82, 2.24) is 5.32 Å². The Morgan fingerprint density at radius 2 is 1.70 bits per heavy atom. The van der Waals surface area contributed by atoms with Crippen LogP contribution >= 0.6 is 0 Å². The molecule has 0 aromatic heterocycles. The van der Waals surface area contributed by atoms with Crippen LogP contribution in [-0.4, -0.2) is 12.6 Å². The third kappa shape index (κ3) is 9.52. The Kier molecular flexibility index (Phi) is 12.8. The van der Waals surface area contributed by atoms with Crippen molar-refractivity contribution in [1.29, 1.82) is 0 Å². The number of hydrogen-bond donors (Lipinski definition) is 2. The summed E-state index contributed by atoms with van der Waals surface area (Å²) in [6.07, 6.45) is 17.8. The van der Waals surface area contributed by atoms with Gasteiger partial charge in [0.05, 0.1) is 0 Å². The zero-order valence-electron chi connectivity index (χ0n) is 25.4. The number of nitrogens with two attached hydrogens (primary N) is 1. The normalized spacial score (nSPS) is 15.3. The number of allylic oxidation sites excluding steroid dienone is 6. The highest BCUT2D eigenvalue weighted by Crippen LogP contribution is 2.31. The van der Waals surface area contributed by atoms with Crippen LogP contribution in [0.15, 0.2) is 97.3 Å². The van der Waals surface area contributed by atoms with Crippen LogP contribution in [0.5, 0.6) is 0 Å². The van der Waals surface area contributed by atoms with Crippen LogP contribution in [0.2, 0.25) is 0 Å². The van der Waals surface area contributed by atoms with Gasteiger partial charge in [0.1, 0.15) is 0 Å². The van der Waals surface area contributed by atoms with Crippen molar-refractivity contribution < 1.29 is 0 Å². The van der Waals surface area contributed by atoms with Crippen molar-refractivity contribution in [2.24, 2.45) is 11.7 Å². The molecule has 214 valence electrons. The molecule has 1 unspecified atom stereocenters. The Balaban J connectivity index is 1.51. The van der Waals surface area contributed by atoms with Crippen LogP contribution in [0.25, 0.3) is 5.57 Å². The predicted octanol–water partition coefficient (Wildman–Crippen LogP) is 9.34. The minimum Gasteiger partial charge on any atom is -0.401 e. The molecule has 1 fully saturated rings. The second kappa shape index (κ2) is 16.2. The molecule has 1 aliphatic rings. The first-order chi connectivity index (χ1) is 19.3. The van der Waals surface area contributed by atoms with Gasteiger partial charge in [-0.15, -0.1) is 0 Å². The molecule has 0 heterocycles. The highest BCUT2D eigenvalue weighted by molar-refractivity contribution is 5.81. The number of hydrogen-bond acceptors (Lipinski definition) is 2. The third-order valence-electron chi connectivity index (χ3n) is 8.55. The number of benzene rings is 2. The van der Waals surface area contributed by atoms with Gasteiger partial charge < -0.3 is 11.1 Å². The molecule has 1 aliphatic carbocycles. The minimum absolute atomic E-state index is 0.468. The van der Waals surface area contributed by atoms with Crippen LogP contribution < -0.4 is 11.1 Å². The molecular weight excluding hydrogens is 484 g/mol. The summed E-state index contributed by atoms with van der Waals surface area (Å²) in [5, 5.41) is 3.77. The zero-order chi connectivity index (χ0) is 28.9. The SMILES string of the molecule is C=C/C=C\C(C(=C)c1ccc(C)c(C)c1)=C(\N)Cc1ccc(CCCCNC(CC)C(=C)CC2CCCC2)cc1. The molecule has 3 N–H and O–H groups in total. The Hall–Kier alpha value is -3.10. The number of unbranched alkanes of at least 4 members (excludes halogenated alkanes) is 1. The summed E-state index contributed by atoms with van der Waals surface area (Å²) in [5.41, 5.74) is 17.0. The fraction of sp³-hybridized carbons (Fsp3) is 0.421. The van der Waals surface area contributed by atoms with E-state index >= 15 is 0 Å². The molecule has 2 heteroatoms. The minimum atomic E-state index is 0.468. The second-order valence-electron chi connectivity index (χ2n) is 11.7. The number of rotatable bonds is 16. The first-order valence-electron chi connectivity index (χ1n) is 15.4. The lowest BCUT2D eigenvalue weighted by molar-refractivity contribution is 0.475. The van der Waals surface area contributed by atoms with Crippen molar-refractivity contribution in [2.45, 2.75) is 91.0 Å². The highest BCUT2D eigenvalue weighted by atomic mass is 14.9. The summed E-state index contributed by atoms with van der Waals surface area (Å²) in [6, 6.07) is 15.9. The lowest BCUT2D eigenvalue weighted by Gasteiger charge is -2.22. The van der Waals surface area contributed by atoms with Gasteiger partial charge in [-0.2, -0.15) is 0 Å². The van der Waals surface area contributed by atoms with E-state index in [-0.39, 0.29) is 0 Å². The van der Waals surface area contributed by atoms with Gasteiger partial charge in [-0.1, -0.05) is 119 Å². The van der Waals surface area contributed by atoms with Gasteiger partial charge in [-0.25, -0.2) is 0 Å². The molecule has 0 aliphatic heterocycles. The van der Waals surface area contributed by atoms with Crippen molar-refractivity contribution >= 4 is 5.57 Å². The van der Waals surface area contributed by atoms with E-state index in [0.29, 0.717) is 12.5 Å². The Labute approximate surface area is 244 Å². The summed E-state index contributed by atoms with van der Waals surface area (Å²) < 4.78 is 0. The van der Waals surface area contributed by atoms with Gasteiger partial charge in [-0.05, 0) is 91.8 Å². The first kappa shape index (κ1) is 31.4. The number of aryl methyl sites for hydroxylation is 3. The van der Waals surface area contributed by atoms with Crippen molar-refractivity contribution in [3.05, 3.63) is 125 Å². The Morgan fingerprint density at radius 1 is 1.00 bits per heavy atom. The molecule has 0 bridgehead atoms. The molecule has 0 amide bonds. The standard InChI is InChI=1S/C38H52N2/c1-7-9-17-36(31(6)35-23-18-28(3)29(4)26-35)37(39)27-34-21-19-32(20-22-34)14-12-13-24-40-38(8-2)30(5)25-33-15-10-11-16-33/h7,9,17-23,26,33,38,40H,1,5-6,8,10-16,24-25,27,39H2,2-4H3/b17-9-,37-36-. The van der Waals surface area contributed by atoms with E-state index in [9.17, 15) is 0 Å². The summed E-state index contributed by atoms with van der Waals surface area (Å²) in [6.45, 7) is 20.3. The van der Waals surface area contributed by atoms with E-state index in [4.69, 9.17) is 5.73 Å². The fourth-order valence-corrected chi connectivity index (χ4v) is 5.82. The van der Waals surface area contributed by atoms with E-state index < -0.39 is 0 Å². The van der Waals surface area contributed by atoms with Crippen LogP contribution in [0, 0.1) is 19.8 Å². The molecule has 1 saturated carbocycles. The monoisotopic (exact) mass is 536 g/mol. The lowest BCUT2D eigenvalue weighted by atomic mass is 9.93. The summed E-state index contributed by atoms with van der Waals surface area (Å²) in [4.78, 5) is 0. The molecule has 3 rings (SSSR count).